The minimum atomic E-state index is -0.113. The summed E-state index contributed by atoms with van der Waals surface area (Å²) in [5, 5.41) is 3.00. The second-order valence-corrected chi connectivity index (χ2v) is 8.19. The molecule has 154 valence electrons. The van der Waals surface area contributed by atoms with Crippen LogP contribution in [0.1, 0.15) is 37.5 Å². The molecule has 0 aliphatic carbocycles. The summed E-state index contributed by atoms with van der Waals surface area (Å²) in [6.45, 7) is 7.33. The third kappa shape index (κ3) is 5.84. The molecule has 0 fully saturated rings. The third-order valence-electron chi connectivity index (χ3n) is 4.78. The number of carbonyl (C=O) groups excluding carboxylic acids is 1. The number of amides is 1. The van der Waals surface area contributed by atoms with Gasteiger partial charge in [-0.3, -0.25) is 4.79 Å². The molecule has 3 aromatic carbocycles. The molecular weight excluding hydrogens is 370 g/mol. The third-order valence-corrected chi connectivity index (χ3v) is 4.78. The van der Waals surface area contributed by atoms with E-state index in [-0.39, 0.29) is 11.3 Å². The molecule has 0 aliphatic heterocycles. The summed E-state index contributed by atoms with van der Waals surface area (Å²) in [4.78, 5) is 13.0. The molecule has 3 rings (SSSR count). The van der Waals surface area contributed by atoms with Crippen LogP contribution in [0.2, 0.25) is 0 Å². The molecule has 3 nitrogen and oxygen atoms in total. The number of carbonyl (C=O) groups is 1. The average molecular weight is 400 g/mol. The highest BCUT2D eigenvalue weighted by molar-refractivity contribution is 6.24. The number of ether oxygens (including phenoxy) is 1. The van der Waals surface area contributed by atoms with Crippen molar-refractivity contribution >= 4 is 17.6 Å². The van der Waals surface area contributed by atoms with Gasteiger partial charge in [-0.15, -0.1) is 0 Å². The fourth-order valence-corrected chi connectivity index (χ4v) is 3.25. The molecule has 0 radical (unpaired) electrons. The second kappa shape index (κ2) is 9.93. The summed E-state index contributed by atoms with van der Waals surface area (Å²) >= 11 is 0. The number of para-hydroxylation sites is 1. The Morgan fingerprint density at radius 2 is 1.47 bits per heavy atom. The Balaban J connectivity index is 1.67. The van der Waals surface area contributed by atoms with Gasteiger partial charge in [0.15, 0.2) is 0 Å². The predicted octanol–water partition coefficient (Wildman–Crippen LogP) is 5.72. The largest absolute Gasteiger partial charge is 0.491 e. The Hall–Kier alpha value is -3.33. The summed E-state index contributed by atoms with van der Waals surface area (Å²) in [6.07, 6.45) is 1.92. The van der Waals surface area contributed by atoms with Crippen LogP contribution in [0.15, 0.2) is 84.9 Å². The maximum atomic E-state index is 13.0. The highest BCUT2D eigenvalue weighted by Gasteiger charge is 2.18. The van der Waals surface area contributed by atoms with E-state index < -0.39 is 0 Å². The molecule has 0 aliphatic rings. The Labute approximate surface area is 179 Å². The first-order valence-electron chi connectivity index (χ1n) is 10.3. The van der Waals surface area contributed by atoms with Gasteiger partial charge in [-0.25, -0.2) is 0 Å². The fraction of sp³-hybridized carbons (Fsp3) is 0.222. The van der Waals surface area contributed by atoms with E-state index in [4.69, 9.17) is 4.74 Å². The molecule has 1 amide bonds. The number of benzene rings is 3. The first-order valence-corrected chi connectivity index (χ1v) is 10.3. The highest BCUT2D eigenvalue weighted by Crippen LogP contribution is 2.30. The summed E-state index contributed by atoms with van der Waals surface area (Å²) in [6, 6.07) is 27.7. The van der Waals surface area contributed by atoms with Gasteiger partial charge in [-0.05, 0) is 34.2 Å². The van der Waals surface area contributed by atoms with Crippen LogP contribution in [0.25, 0.3) is 11.6 Å². The SMILES string of the molecule is CC(C)(C)c1ccccc1OCCNC(=O)/C(=C/c1ccccc1)c1ccccc1. The van der Waals surface area contributed by atoms with Gasteiger partial charge in [-0.2, -0.15) is 0 Å². The molecule has 0 spiro atoms. The van der Waals surface area contributed by atoms with Crippen LogP contribution in [0.3, 0.4) is 0 Å². The van der Waals surface area contributed by atoms with Crippen molar-refractivity contribution in [1.29, 1.82) is 0 Å². The lowest BCUT2D eigenvalue weighted by atomic mass is 9.86. The number of nitrogens with one attached hydrogen (secondary N) is 1. The van der Waals surface area contributed by atoms with Crippen molar-refractivity contribution in [3.05, 3.63) is 102 Å². The van der Waals surface area contributed by atoms with Crippen LogP contribution in [0.5, 0.6) is 5.75 Å². The first kappa shape index (κ1) is 21.4. The summed E-state index contributed by atoms with van der Waals surface area (Å²) in [7, 11) is 0. The lowest BCUT2D eigenvalue weighted by Gasteiger charge is -2.22. The van der Waals surface area contributed by atoms with Crippen LogP contribution in [-0.2, 0) is 10.2 Å². The lowest BCUT2D eigenvalue weighted by molar-refractivity contribution is -0.115. The van der Waals surface area contributed by atoms with Crippen molar-refractivity contribution in [1.82, 2.24) is 5.32 Å². The smallest absolute Gasteiger partial charge is 0.252 e. The van der Waals surface area contributed by atoms with E-state index in [0.29, 0.717) is 18.7 Å². The summed E-state index contributed by atoms with van der Waals surface area (Å²) in [5.74, 6) is 0.750. The maximum Gasteiger partial charge on any atom is 0.252 e. The second-order valence-electron chi connectivity index (χ2n) is 8.19. The van der Waals surface area contributed by atoms with Crippen LogP contribution in [0, 0.1) is 0 Å². The van der Waals surface area contributed by atoms with Gasteiger partial charge in [0, 0.05) is 5.57 Å². The Bertz CT molecular complexity index is 986. The Morgan fingerprint density at radius 3 is 2.13 bits per heavy atom. The van der Waals surface area contributed by atoms with Crippen molar-refractivity contribution in [2.75, 3.05) is 13.2 Å². The van der Waals surface area contributed by atoms with Gasteiger partial charge in [0.25, 0.3) is 5.91 Å². The topological polar surface area (TPSA) is 38.3 Å². The molecule has 0 saturated carbocycles. The molecule has 1 N–H and O–H groups in total. The zero-order valence-electron chi connectivity index (χ0n) is 17.9. The van der Waals surface area contributed by atoms with E-state index in [2.05, 4.69) is 32.2 Å². The van der Waals surface area contributed by atoms with Crippen LogP contribution >= 0.6 is 0 Å². The Kier molecular flexibility index (Phi) is 7.08. The maximum absolute atomic E-state index is 13.0. The minimum Gasteiger partial charge on any atom is -0.491 e. The van der Waals surface area contributed by atoms with Gasteiger partial charge in [-0.1, -0.05) is 99.6 Å². The van der Waals surface area contributed by atoms with E-state index in [9.17, 15) is 4.79 Å². The molecule has 0 heterocycles. The van der Waals surface area contributed by atoms with Gasteiger partial charge in [0.1, 0.15) is 12.4 Å². The molecule has 3 heteroatoms. The van der Waals surface area contributed by atoms with Gasteiger partial charge >= 0.3 is 0 Å². The Morgan fingerprint density at radius 1 is 0.867 bits per heavy atom. The molecule has 0 atom stereocenters. The van der Waals surface area contributed by atoms with Gasteiger partial charge < -0.3 is 10.1 Å². The molecular formula is C27H29NO2. The number of rotatable bonds is 7. The zero-order chi connectivity index (χ0) is 21.4. The van der Waals surface area contributed by atoms with Crippen LogP contribution in [-0.4, -0.2) is 19.1 Å². The molecule has 3 aromatic rings. The summed E-state index contributed by atoms with van der Waals surface area (Å²) in [5.41, 5.74) is 3.67. The van der Waals surface area contributed by atoms with E-state index in [1.807, 2.05) is 84.9 Å². The normalized spacial score (nSPS) is 11.8. The van der Waals surface area contributed by atoms with Gasteiger partial charge in [0.2, 0.25) is 0 Å². The quantitative estimate of drug-likeness (QED) is 0.313. The zero-order valence-corrected chi connectivity index (χ0v) is 17.9. The number of hydrogen-bond acceptors (Lipinski definition) is 2. The lowest BCUT2D eigenvalue weighted by Crippen LogP contribution is -2.29. The van der Waals surface area contributed by atoms with Crippen molar-refractivity contribution in [2.24, 2.45) is 0 Å². The van der Waals surface area contributed by atoms with E-state index in [0.717, 1.165) is 22.4 Å². The standard InChI is InChI=1S/C27H29NO2/c1-27(2,3)24-16-10-11-17-25(24)30-19-18-28-26(29)23(22-14-8-5-9-15-22)20-21-12-6-4-7-13-21/h4-17,20H,18-19H2,1-3H3,(H,28,29)/b23-20+. The molecule has 0 unspecified atom stereocenters. The first-order chi connectivity index (χ1) is 14.4. The van der Waals surface area contributed by atoms with Crippen LogP contribution < -0.4 is 10.1 Å². The predicted molar refractivity (Wildman–Crippen MR) is 124 cm³/mol. The van der Waals surface area contributed by atoms with Crippen molar-refractivity contribution in [2.45, 2.75) is 26.2 Å². The van der Waals surface area contributed by atoms with Crippen molar-refractivity contribution in [3.63, 3.8) is 0 Å². The molecule has 0 saturated heterocycles. The number of hydrogen-bond donors (Lipinski definition) is 1. The van der Waals surface area contributed by atoms with E-state index in [1.165, 1.54) is 0 Å². The van der Waals surface area contributed by atoms with Crippen molar-refractivity contribution in [3.8, 4) is 5.75 Å². The minimum absolute atomic E-state index is 0.00125. The fourth-order valence-electron chi connectivity index (χ4n) is 3.25. The summed E-state index contributed by atoms with van der Waals surface area (Å²) < 4.78 is 5.98. The monoisotopic (exact) mass is 399 g/mol. The molecule has 30 heavy (non-hydrogen) atoms. The van der Waals surface area contributed by atoms with Crippen LogP contribution in [0.4, 0.5) is 0 Å². The van der Waals surface area contributed by atoms with Crippen molar-refractivity contribution < 1.29 is 9.53 Å². The van der Waals surface area contributed by atoms with E-state index >= 15 is 0 Å². The molecule has 0 aromatic heterocycles. The molecule has 0 bridgehead atoms. The van der Waals surface area contributed by atoms with E-state index in [1.54, 1.807) is 0 Å². The highest BCUT2D eigenvalue weighted by atomic mass is 16.5. The van der Waals surface area contributed by atoms with Gasteiger partial charge in [0.05, 0.1) is 6.54 Å². The average Bonchev–Trinajstić information content (AvgIpc) is 2.76.